The Hall–Kier alpha value is -1.98. The van der Waals surface area contributed by atoms with E-state index in [1.165, 1.54) is 6.07 Å². The third kappa shape index (κ3) is 3.91. The van der Waals surface area contributed by atoms with E-state index in [0.29, 0.717) is 6.54 Å². The zero-order valence-electron chi connectivity index (χ0n) is 14.3. The summed E-state index contributed by atoms with van der Waals surface area (Å²) in [6.07, 6.45) is 1.89. The Bertz CT molecular complexity index is 617. The highest BCUT2D eigenvalue weighted by atomic mass is 19.1. The standard InChI is InChI=1S/C18H24F2N2O2/c1-4-14(5-2)22-10-12(8-17(22)23)18(24)21-11(3)15-7-6-13(19)9-16(15)20/h6-7,9,11-12,14H,4-5,8,10H2,1-3H3,(H,21,24). The van der Waals surface area contributed by atoms with Gasteiger partial charge in [-0.15, -0.1) is 0 Å². The predicted molar refractivity (Wildman–Crippen MR) is 87.1 cm³/mol. The first kappa shape index (κ1) is 18.4. The minimum absolute atomic E-state index is 0.00975. The molecule has 0 radical (unpaired) electrons. The molecule has 1 aliphatic rings. The van der Waals surface area contributed by atoms with Gasteiger partial charge in [-0.2, -0.15) is 0 Å². The largest absolute Gasteiger partial charge is 0.349 e. The van der Waals surface area contributed by atoms with Crippen LogP contribution in [-0.2, 0) is 9.59 Å². The maximum atomic E-state index is 13.8. The first-order valence-corrected chi connectivity index (χ1v) is 8.42. The molecule has 1 aromatic carbocycles. The molecule has 1 saturated heterocycles. The molecule has 6 heteroatoms. The number of nitrogens with one attached hydrogen (secondary N) is 1. The van der Waals surface area contributed by atoms with Gasteiger partial charge in [0.15, 0.2) is 0 Å². The summed E-state index contributed by atoms with van der Waals surface area (Å²) in [5.74, 6) is -2.05. The Kier molecular flexibility index (Phi) is 5.91. The van der Waals surface area contributed by atoms with Gasteiger partial charge in [0.25, 0.3) is 0 Å². The van der Waals surface area contributed by atoms with E-state index in [4.69, 9.17) is 0 Å². The first-order valence-electron chi connectivity index (χ1n) is 8.42. The van der Waals surface area contributed by atoms with Crippen LogP contribution in [0, 0.1) is 17.6 Å². The first-order chi connectivity index (χ1) is 11.4. The predicted octanol–water partition coefficient (Wildman–Crippen LogP) is 3.18. The number of carbonyl (C=O) groups is 2. The van der Waals surface area contributed by atoms with Crippen LogP contribution in [0.15, 0.2) is 18.2 Å². The van der Waals surface area contributed by atoms with Crippen LogP contribution in [0.4, 0.5) is 8.78 Å². The van der Waals surface area contributed by atoms with Crippen LogP contribution in [0.25, 0.3) is 0 Å². The average molecular weight is 338 g/mol. The van der Waals surface area contributed by atoms with Crippen molar-refractivity contribution in [3.05, 3.63) is 35.4 Å². The number of halogens is 2. The van der Waals surface area contributed by atoms with Gasteiger partial charge in [-0.25, -0.2) is 8.78 Å². The lowest BCUT2D eigenvalue weighted by atomic mass is 10.0. The van der Waals surface area contributed by atoms with Crippen LogP contribution in [-0.4, -0.2) is 29.3 Å². The smallest absolute Gasteiger partial charge is 0.225 e. The normalized spacial score (nSPS) is 19.0. The van der Waals surface area contributed by atoms with E-state index in [9.17, 15) is 18.4 Å². The van der Waals surface area contributed by atoms with Gasteiger partial charge in [0.05, 0.1) is 12.0 Å². The monoisotopic (exact) mass is 338 g/mol. The summed E-state index contributed by atoms with van der Waals surface area (Å²) in [7, 11) is 0. The van der Waals surface area contributed by atoms with Gasteiger partial charge >= 0.3 is 0 Å². The van der Waals surface area contributed by atoms with Crippen molar-refractivity contribution in [1.82, 2.24) is 10.2 Å². The molecule has 2 atom stereocenters. The van der Waals surface area contributed by atoms with Crippen molar-refractivity contribution < 1.29 is 18.4 Å². The van der Waals surface area contributed by atoms with Crippen molar-refractivity contribution in [1.29, 1.82) is 0 Å². The molecule has 0 bridgehead atoms. The lowest BCUT2D eigenvalue weighted by Crippen LogP contribution is -2.38. The summed E-state index contributed by atoms with van der Waals surface area (Å²) in [4.78, 5) is 26.3. The number of likely N-dealkylation sites (tertiary alicyclic amines) is 1. The summed E-state index contributed by atoms with van der Waals surface area (Å²) in [6.45, 7) is 6.09. The Morgan fingerprint density at radius 2 is 2.00 bits per heavy atom. The number of rotatable bonds is 6. The third-order valence-electron chi connectivity index (χ3n) is 4.70. The van der Waals surface area contributed by atoms with Crippen LogP contribution in [0.3, 0.4) is 0 Å². The van der Waals surface area contributed by atoms with Crippen LogP contribution in [0.5, 0.6) is 0 Å². The van der Waals surface area contributed by atoms with Crippen molar-refractivity contribution in [2.24, 2.45) is 5.92 Å². The molecule has 1 fully saturated rings. The topological polar surface area (TPSA) is 49.4 Å². The number of nitrogens with zero attached hydrogens (tertiary/aromatic N) is 1. The number of benzene rings is 1. The van der Waals surface area contributed by atoms with Gasteiger partial charge in [-0.3, -0.25) is 9.59 Å². The van der Waals surface area contributed by atoms with Gasteiger partial charge < -0.3 is 10.2 Å². The molecule has 0 spiro atoms. The molecule has 1 heterocycles. The van der Waals surface area contributed by atoms with Gasteiger partial charge in [0.2, 0.25) is 11.8 Å². The molecule has 2 rings (SSSR count). The zero-order valence-corrected chi connectivity index (χ0v) is 14.3. The highest BCUT2D eigenvalue weighted by Crippen LogP contribution is 2.25. The Morgan fingerprint density at radius 3 is 2.58 bits per heavy atom. The third-order valence-corrected chi connectivity index (χ3v) is 4.70. The molecule has 1 aromatic rings. The lowest BCUT2D eigenvalue weighted by molar-refractivity contribution is -0.130. The molecule has 1 aliphatic heterocycles. The number of hydrogen-bond donors (Lipinski definition) is 1. The Morgan fingerprint density at radius 1 is 1.33 bits per heavy atom. The second kappa shape index (κ2) is 7.73. The molecule has 2 amide bonds. The van der Waals surface area contributed by atoms with Gasteiger partial charge in [0.1, 0.15) is 11.6 Å². The number of amides is 2. The van der Waals surface area contributed by atoms with Crippen LogP contribution < -0.4 is 5.32 Å². The molecule has 4 nitrogen and oxygen atoms in total. The van der Waals surface area contributed by atoms with Crippen LogP contribution in [0.1, 0.15) is 51.6 Å². The number of hydrogen-bond acceptors (Lipinski definition) is 2. The molecular weight excluding hydrogens is 314 g/mol. The quantitative estimate of drug-likeness (QED) is 0.866. The SMILES string of the molecule is CCC(CC)N1CC(C(=O)NC(C)c2ccc(F)cc2F)CC1=O. The molecule has 0 aromatic heterocycles. The van der Waals surface area contributed by atoms with Crippen molar-refractivity contribution in [2.75, 3.05) is 6.54 Å². The van der Waals surface area contributed by atoms with Gasteiger partial charge in [-0.1, -0.05) is 19.9 Å². The lowest BCUT2D eigenvalue weighted by Gasteiger charge is -2.26. The van der Waals surface area contributed by atoms with E-state index < -0.39 is 23.6 Å². The molecule has 24 heavy (non-hydrogen) atoms. The summed E-state index contributed by atoms with van der Waals surface area (Å²) < 4.78 is 26.8. The van der Waals surface area contributed by atoms with Gasteiger partial charge in [0, 0.05) is 30.6 Å². The van der Waals surface area contributed by atoms with E-state index in [1.807, 2.05) is 13.8 Å². The molecule has 1 N–H and O–H groups in total. The summed E-state index contributed by atoms with van der Waals surface area (Å²) in [5, 5.41) is 2.73. The second-order valence-corrected chi connectivity index (χ2v) is 6.31. The van der Waals surface area contributed by atoms with E-state index >= 15 is 0 Å². The minimum Gasteiger partial charge on any atom is -0.349 e. The van der Waals surface area contributed by atoms with Crippen molar-refractivity contribution in [3.8, 4) is 0 Å². The molecule has 0 saturated carbocycles. The Labute approximate surface area is 141 Å². The highest BCUT2D eigenvalue weighted by molar-refractivity contribution is 5.89. The van der Waals surface area contributed by atoms with E-state index in [1.54, 1.807) is 11.8 Å². The van der Waals surface area contributed by atoms with Crippen molar-refractivity contribution >= 4 is 11.8 Å². The summed E-state index contributed by atoms with van der Waals surface area (Å²) in [5.41, 5.74) is 0.228. The minimum atomic E-state index is -0.691. The highest BCUT2D eigenvalue weighted by Gasteiger charge is 2.37. The van der Waals surface area contributed by atoms with Crippen LogP contribution in [0.2, 0.25) is 0 Å². The second-order valence-electron chi connectivity index (χ2n) is 6.31. The van der Waals surface area contributed by atoms with Crippen molar-refractivity contribution in [3.63, 3.8) is 0 Å². The average Bonchev–Trinajstić information content (AvgIpc) is 2.90. The van der Waals surface area contributed by atoms with E-state index in [2.05, 4.69) is 5.32 Å². The van der Waals surface area contributed by atoms with E-state index in [0.717, 1.165) is 25.0 Å². The molecule has 132 valence electrons. The Balaban J connectivity index is 2.01. The number of carbonyl (C=O) groups excluding carboxylic acids is 2. The maximum absolute atomic E-state index is 13.8. The summed E-state index contributed by atoms with van der Waals surface area (Å²) in [6, 6.07) is 2.85. The zero-order chi connectivity index (χ0) is 17.9. The molecule has 2 unspecified atom stereocenters. The molecule has 0 aliphatic carbocycles. The fourth-order valence-corrected chi connectivity index (χ4v) is 3.25. The fourth-order valence-electron chi connectivity index (χ4n) is 3.25. The molecular formula is C18H24F2N2O2. The van der Waals surface area contributed by atoms with Gasteiger partial charge in [-0.05, 0) is 25.8 Å². The maximum Gasteiger partial charge on any atom is 0.225 e. The van der Waals surface area contributed by atoms with Crippen molar-refractivity contribution in [2.45, 2.75) is 52.1 Å². The summed E-state index contributed by atoms with van der Waals surface area (Å²) >= 11 is 0. The van der Waals surface area contributed by atoms with E-state index in [-0.39, 0.29) is 29.8 Å². The fraction of sp³-hybridized carbons (Fsp3) is 0.556. The van der Waals surface area contributed by atoms with Crippen LogP contribution >= 0.6 is 0 Å².